The van der Waals surface area contributed by atoms with E-state index in [4.69, 9.17) is 9.47 Å². The Morgan fingerprint density at radius 3 is 2.59 bits per heavy atom. The molecule has 2 aromatic carbocycles. The standard InChI is InChI=1S/C26H34N2O4/c1-6-17(2)27-26(30)22-15-18(3)28(23-10-8-7-9-21(22)23)25(29)14-11-19-16-20(31-4)12-13-24(19)32-5/h7-10,12-13,16-18,22H,6,11,14-15H2,1-5H3,(H,27,30). The molecule has 6 nitrogen and oxygen atoms in total. The fraction of sp³-hybridized carbons (Fsp3) is 0.462. The number of benzene rings is 2. The van der Waals surface area contributed by atoms with E-state index in [0.29, 0.717) is 19.3 Å². The van der Waals surface area contributed by atoms with Crippen LogP contribution < -0.4 is 19.7 Å². The van der Waals surface area contributed by atoms with E-state index < -0.39 is 0 Å². The summed E-state index contributed by atoms with van der Waals surface area (Å²) in [6.07, 6.45) is 2.37. The van der Waals surface area contributed by atoms with Gasteiger partial charge in [-0.2, -0.15) is 0 Å². The van der Waals surface area contributed by atoms with E-state index in [9.17, 15) is 9.59 Å². The summed E-state index contributed by atoms with van der Waals surface area (Å²) in [5.41, 5.74) is 2.68. The number of carbonyl (C=O) groups is 2. The Morgan fingerprint density at radius 2 is 1.91 bits per heavy atom. The van der Waals surface area contributed by atoms with Crippen molar-refractivity contribution >= 4 is 17.5 Å². The minimum Gasteiger partial charge on any atom is -0.497 e. The molecule has 6 heteroatoms. The molecule has 3 atom stereocenters. The summed E-state index contributed by atoms with van der Waals surface area (Å²) in [6.45, 7) is 6.09. The molecule has 0 radical (unpaired) electrons. The van der Waals surface area contributed by atoms with Crippen LogP contribution in [0.15, 0.2) is 42.5 Å². The van der Waals surface area contributed by atoms with Gasteiger partial charge in [0.1, 0.15) is 11.5 Å². The lowest BCUT2D eigenvalue weighted by atomic mass is 9.85. The zero-order valence-electron chi connectivity index (χ0n) is 19.7. The first-order valence-corrected chi connectivity index (χ1v) is 11.3. The molecule has 32 heavy (non-hydrogen) atoms. The molecule has 0 fully saturated rings. The number of para-hydroxylation sites is 1. The average molecular weight is 439 g/mol. The van der Waals surface area contributed by atoms with Crippen LogP contribution in [0, 0.1) is 0 Å². The summed E-state index contributed by atoms with van der Waals surface area (Å²) in [5, 5.41) is 3.11. The number of aryl methyl sites for hydroxylation is 1. The van der Waals surface area contributed by atoms with E-state index in [1.807, 2.05) is 61.2 Å². The van der Waals surface area contributed by atoms with Crippen molar-refractivity contribution in [2.45, 2.75) is 64.5 Å². The van der Waals surface area contributed by atoms with Gasteiger partial charge in [0.25, 0.3) is 0 Å². The Labute approximate surface area is 190 Å². The maximum absolute atomic E-state index is 13.4. The summed E-state index contributed by atoms with van der Waals surface area (Å²) >= 11 is 0. The number of hydrogen-bond acceptors (Lipinski definition) is 4. The highest BCUT2D eigenvalue weighted by molar-refractivity contribution is 5.98. The van der Waals surface area contributed by atoms with Gasteiger partial charge in [0.05, 0.1) is 20.1 Å². The van der Waals surface area contributed by atoms with Gasteiger partial charge in [0.2, 0.25) is 11.8 Å². The number of nitrogens with one attached hydrogen (secondary N) is 1. The molecule has 3 rings (SSSR count). The fourth-order valence-corrected chi connectivity index (χ4v) is 4.33. The summed E-state index contributed by atoms with van der Waals surface area (Å²) in [7, 11) is 3.25. The molecule has 1 aliphatic heterocycles. The molecule has 0 bridgehead atoms. The van der Waals surface area contributed by atoms with Crippen LogP contribution in [0.5, 0.6) is 11.5 Å². The zero-order chi connectivity index (χ0) is 23.3. The van der Waals surface area contributed by atoms with Crippen LogP contribution in [-0.4, -0.2) is 38.1 Å². The van der Waals surface area contributed by atoms with E-state index >= 15 is 0 Å². The normalized spacial score (nSPS) is 18.5. The molecule has 0 aromatic heterocycles. The Balaban J connectivity index is 1.81. The topological polar surface area (TPSA) is 67.9 Å². The van der Waals surface area contributed by atoms with Gasteiger partial charge in [-0.25, -0.2) is 0 Å². The number of nitrogens with zero attached hydrogens (tertiary/aromatic N) is 1. The third-order valence-corrected chi connectivity index (χ3v) is 6.27. The van der Waals surface area contributed by atoms with Crippen molar-refractivity contribution in [3.05, 3.63) is 53.6 Å². The first kappa shape index (κ1) is 23.6. The maximum atomic E-state index is 13.4. The molecule has 0 aliphatic carbocycles. The molecule has 0 saturated heterocycles. The number of ether oxygens (including phenoxy) is 2. The van der Waals surface area contributed by atoms with Gasteiger partial charge in [-0.05, 0) is 68.5 Å². The first-order chi connectivity index (χ1) is 15.4. The highest BCUT2D eigenvalue weighted by Gasteiger charge is 2.36. The number of anilines is 1. The van der Waals surface area contributed by atoms with Crippen molar-refractivity contribution in [3.8, 4) is 11.5 Å². The van der Waals surface area contributed by atoms with E-state index in [1.54, 1.807) is 14.2 Å². The molecule has 1 aliphatic rings. The fourth-order valence-electron chi connectivity index (χ4n) is 4.33. The number of amides is 2. The number of rotatable bonds is 8. The van der Waals surface area contributed by atoms with Crippen molar-refractivity contribution in [1.82, 2.24) is 5.32 Å². The average Bonchev–Trinajstić information content (AvgIpc) is 2.81. The van der Waals surface area contributed by atoms with Gasteiger partial charge < -0.3 is 19.7 Å². The maximum Gasteiger partial charge on any atom is 0.227 e. The lowest BCUT2D eigenvalue weighted by Gasteiger charge is -2.39. The smallest absolute Gasteiger partial charge is 0.227 e. The second kappa shape index (κ2) is 10.5. The summed E-state index contributed by atoms with van der Waals surface area (Å²) in [5.74, 6) is 1.30. The molecular formula is C26H34N2O4. The van der Waals surface area contributed by atoms with Crippen molar-refractivity contribution in [2.75, 3.05) is 19.1 Å². The summed E-state index contributed by atoms with van der Waals surface area (Å²) in [4.78, 5) is 28.2. The van der Waals surface area contributed by atoms with Crippen molar-refractivity contribution in [1.29, 1.82) is 0 Å². The zero-order valence-corrected chi connectivity index (χ0v) is 19.7. The lowest BCUT2D eigenvalue weighted by Crippen LogP contribution is -2.47. The SMILES string of the molecule is CCC(C)NC(=O)C1CC(C)N(C(=O)CCc2cc(OC)ccc2OC)c2ccccc21. The second-order valence-electron chi connectivity index (χ2n) is 8.46. The number of methoxy groups -OCH3 is 2. The number of fused-ring (bicyclic) bond motifs is 1. The molecular weight excluding hydrogens is 404 g/mol. The van der Waals surface area contributed by atoms with Crippen LogP contribution in [0.4, 0.5) is 5.69 Å². The highest BCUT2D eigenvalue weighted by Crippen LogP contribution is 2.39. The molecule has 1 heterocycles. The summed E-state index contributed by atoms with van der Waals surface area (Å²) in [6, 6.07) is 13.4. The minimum atomic E-state index is -0.252. The number of carbonyl (C=O) groups excluding carboxylic acids is 2. The van der Waals surface area contributed by atoms with Crippen molar-refractivity contribution in [2.24, 2.45) is 0 Å². The van der Waals surface area contributed by atoms with Gasteiger partial charge in [-0.1, -0.05) is 25.1 Å². The van der Waals surface area contributed by atoms with Crippen molar-refractivity contribution in [3.63, 3.8) is 0 Å². The van der Waals surface area contributed by atoms with Crippen LogP contribution in [0.25, 0.3) is 0 Å². The monoisotopic (exact) mass is 438 g/mol. The van der Waals surface area contributed by atoms with Gasteiger partial charge in [0, 0.05) is 24.2 Å². The number of hydrogen-bond donors (Lipinski definition) is 1. The largest absolute Gasteiger partial charge is 0.497 e. The molecule has 0 spiro atoms. The Bertz CT molecular complexity index is 959. The van der Waals surface area contributed by atoms with Gasteiger partial charge in [-0.3, -0.25) is 9.59 Å². The Hall–Kier alpha value is -3.02. The molecule has 3 unspecified atom stereocenters. The van der Waals surface area contributed by atoms with Crippen LogP contribution in [0.2, 0.25) is 0 Å². The van der Waals surface area contributed by atoms with Gasteiger partial charge >= 0.3 is 0 Å². The van der Waals surface area contributed by atoms with Gasteiger partial charge in [0.15, 0.2) is 0 Å². The van der Waals surface area contributed by atoms with E-state index in [1.165, 1.54) is 0 Å². The quantitative estimate of drug-likeness (QED) is 0.661. The highest BCUT2D eigenvalue weighted by atomic mass is 16.5. The molecule has 0 saturated carbocycles. The van der Waals surface area contributed by atoms with Crippen LogP contribution in [-0.2, 0) is 16.0 Å². The van der Waals surface area contributed by atoms with Crippen LogP contribution >= 0.6 is 0 Å². The third-order valence-electron chi connectivity index (χ3n) is 6.27. The van der Waals surface area contributed by atoms with Crippen molar-refractivity contribution < 1.29 is 19.1 Å². The van der Waals surface area contributed by atoms with E-state index in [0.717, 1.165) is 34.7 Å². The Kier molecular flexibility index (Phi) is 7.78. The molecule has 1 N–H and O–H groups in total. The predicted octanol–water partition coefficient (Wildman–Crippen LogP) is 4.46. The summed E-state index contributed by atoms with van der Waals surface area (Å²) < 4.78 is 10.8. The lowest BCUT2D eigenvalue weighted by molar-refractivity contribution is -0.124. The van der Waals surface area contributed by atoms with Gasteiger partial charge in [-0.15, -0.1) is 0 Å². The predicted molar refractivity (Wildman–Crippen MR) is 127 cm³/mol. The first-order valence-electron chi connectivity index (χ1n) is 11.3. The Morgan fingerprint density at radius 1 is 1.16 bits per heavy atom. The van der Waals surface area contributed by atoms with E-state index in [2.05, 4.69) is 12.2 Å². The molecule has 172 valence electrons. The molecule has 2 amide bonds. The van der Waals surface area contributed by atoms with Crippen LogP contribution in [0.1, 0.15) is 57.1 Å². The molecule has 2 aromatic rings. The second-order valence-corrected chi connectivity index (χ2v) is 8.46. The minimum absolute atomic E-state index is 0.0341. The van der Waals surface area contributed by atoms with E-state index in [-0.39, 0.29) is 29.8 Å². The third kappa shape index (κ3) is 5.06. The van der Waals surface area contributed by atoms with Crippen LogP contribution in [0.3, 0.4) is 0 Å².